The first-order chi connectivity index (χ1) is 9.56. The van der Waals surface area contributed by atoms with Gasteiger partial charge in [0.15, 0.2) is 0 Å². The number of halogens is 2. The van der Waals surface area contributed by atoms with Gasteiger partial charge in [0.2, 0.25) is 0 Å². The lowest BCUT2D eigenvalue weighted by atomic mass is 10.3. The first kappa shape index (κ1) is 15.9. The van der Waals surface area contributed by atoms with E-state index >= 15 is 0 Å². The van der Waals surface area contributed by atoms with Crippen molar-refractivity contribution < 1.29 is 9.22 Å². The van der Waals surface area contributed by atoms with Crippen LogP contribution in [-0.4, -0.2) is 37.3 Å². The molecule has 1 aromatic carbocycles. The Kier molecular flexibility index (Phi) is 5.52. The monoisotopic (exact) mass is 403 g/mol. The maximum atomic E-state index is 5.96. The molecule has 0 amide bonds. The summed E-state index contributed by atoms with van der Waals surface area (Å²) in [5.74, 6) is 0.829. The van der Waals surface area contributed by atoms with Crippen LogP contribution in [0, 0.1) is 0 Å². The Hall–Kier alpha value is -0.520. The Bertz CT molecular complexity index is 462. The quantitative estimate of drug-likeness (QED) is 0.442. The molecular weight excluding hydrogens is 384 g/mol. The zero-order valence-corrected chi connectivity index (χ0v) is 14.7. The van der Waals surface area contributed by atoms with Crippen molar-refractivity contribution in [2.24, 2.45) is 0 Å². The summed E-state index contributed by atoms with van der Waals surface area (Å²) in [6.45, 7) is 9.12. The Morgan fingerprint density at radius 1 is 1.25 bits per heavy atom. The summed E-state index contributed by atoms with van der Waals surface area (Å²) in [5, 5.41) is 0. The van der Waals surface area contributed by atoms with Crippen molar-refractivity contribution in [3.05, 3.63) is 33.7 Å². The maximum Gasteiger partial charge on any atom is 0.148 e. The second-order valence-corrected chi connectivity index (χ2v) is 7.06. The van der Waals surface area contributed by atoms with Crippen LogP contribution in [0.3, 0.4) is 0 Å². The number of hydrogen-bond donors (Lipinski definition) is 1. The van der Waals surface area contributed by atoms with Gasteiger partial charge in [-0.1, -0.05) is 6.58 Å². The molecule has 2 N–H and O–H groups in total. The van der Waals surface area contributed by atoms with Crippen molar-refractivity contribution in [1.82, 2.24) is 0 Å². The first-order valence-corrected chi connectivity index (χ1v) is 8.48. The summed E-state index contributed by atoms with van der Waals surface area (Å²) in [5.41, 5.74) is 6.50. The molecule has 0 bridgehead atoms. The van der Waals surface area contributed by atoms with Crippen LogP contribution in [0.25, 0.3) is 0 Å². The average Bonchev–Trinajstić information content (AvgIpc) is 2.82. The number of likely N-dealkylation sites (tertiary alicyclic amines) is 1. The van der Waals surface area contributed by atoms with Gasteiger partial charge in [-0.05, 0) is 50.1 Å². The van der Waals surface area contributed by atoms with Crippen LogP contribution in [-0.2, 0) is 0 Å². The summed E-state index contributed by atoms with van der Waals surface area (Å²) < 4.78 is 8.84. The molecule has 0 aromatic heterocycles. The standard InChI is InChI=1S/C15H21Br2N2O/c1-2-5-19(6-3-4-7-19)8-9-20-15-13(16)10-12(18)11-14(15)17/h2,10-11H,1,3-9,18H2/q+1. The molecule has 0 saturated carbocycles. The van der Waals surface area contributed by atoms with E-state index in [1.165, 1.54) is 25.9 Å². The molecule has 1 saturated heterocycles. The molecule has 2 rings (SSSR count). The molecule has 1 fully saturated rings. The highest BCUT2D eigenvalue weighted by atomic mass is 79.9. The lowest BCUT2D eigenvalue weighted by Crippen LogP contribution is -2.48. The van der Waals surface area contributed by atoms with E-state index in [0.29, 0.717) is 12.3 Å². The van der Waals surface area contributed by atoms with Crippen LogP contribution >= 0.6 is 31.9 Å². The second kappa shape index (κ2) is 6.96. The second-order valence-electron chi connectivity index (χ2n) is 5.35. The third kappa shape index (κ3) is 3.77. The SMILES string of the molecule is C=CC[N+]1(CCOc2c(Br)cc(N)cc2Br)CCCC1. The van der Waals surface area contributed by atoms with Gasteiger partial charge < -0.3 is 15.0 Å². The number of nitrogens with two attached hydrogens (primary N) is 1. The Labute approximate surface area is 137 Å². The summed E-state index contributed by atoms with van der Waals surface area (Å²) in [6, 6.07) is 3.73. The number of anilines is 1. The number of quaternary nitrogens is 1. The van der Waals surface area contributed by atoms with E-state index in [1.807, 2.05) is 18.2 Å². The molecule has 0 radical (unpaired) electrons. The zero-order chi connectivity index (χ0) is 14.6. The minimum Gasteiger partial charge on any atom is -0.485 e. The fourth-order valence-electron chi connectivity index (χ4n) is 2.84. The van der Waals surface area contributed by atoms with Crippen LogP contribution in [0.15, 0.2) is 33.7 Å². The molecule has 1 aliphatic rings. The Morgan fingerprint density at radius 2 is 1.85 bits per heavy atom. The van der Waals surface area contributed by atoms with Crippen molar-refractivity contribution >= 4 is 37.5 Å². The molecule has 110 valence electrons. The van der Waals surface area contributed by atoms with Gasteiger partial charge in [0.05, 0.1) is 28.6 Å². The Morgan fingerprint density at radius 3 is 2.40 bits per heavy atom. The topological polar surface area (TPSA) is 35.2 Å². The van der Waals surface area contributed by atoms with Gasteiger partial charge in [-0.25, -0.2) is 0 Å². The van der Waals surface area contributed by atoms with Gasteiger partial charge in [-0.3, -0.25) is 0 Å². The normalized spacial score (nSPS) is 17.1. The Balaban J connectivity index is 1.97. The van der Waals surface area contributed by atoms with E-state index < -0.39 is 0 Å². The van der Waals surface area contributed by atoms with E-state index in [4.69, 9.17) is 10.5 Å². The van der Waals surface area contributed by atoms with Crippen molar-refractivity contribution in [3.63, 3.8) is 0 Å². The van der Waals surface area contributed by atoms with E-state index in [-0.39, 0.29) is 0 Å². The van der Waals surface area contributed by atoms with Gasteiger partial charge >= 0.3 is 0 Å². The molecule has 0 aliphatic carbocycles. The fraction of sp³-hybridized carbons (Fsp3) is 0.467. The number of benzene rings is 1. The molecule has 1 heterocycles. The van der Waals surface area contributed by atoms with E-state index in [9.17, 15) is 0 Å². The third-order valence-corrected chi connectivity index (χ3v) is 5.04. The van der Waals surface area contributed by atoms with Gasteiger partial charge in [0.25, 0.3) is 0 Å². The maximum absolute atomic E-state index is 5.96. The molecule has 5 heteroatoms. The molecule has 0 unspecified atom stereocenters. The van der Waals surface area contributed by atoms with Crippen molar-refractivity contribution in [2.45, 2.75) is 12.8 Å². The lowest BCUT2D eigenvalue weighted by molar-refractivity contribution is -0.911. The predicted molar refractivity (Wildman–Crippen MR) is 90.9 cm³/mol. The molecule has 1 aromatic rings. The summed E-state index contributed by atoms with van der Waals surface area (Å²) in [4.78, 5) is 0. The van der Waals surface area contributed by atoms with Gasteiger partial charge in [0, 0.05) is 18.5 Å². The van der Waals surface area contributed by atoms with Crippen molar-refractivity contribution in [2.75, 3.05) is 38.5 Å². The van der Waals surface area contributed by atoms with Crippen LogP contribution in [0.2, 0.25) is 0 Å². The number of nitrogen functional groups attached to an aromatic ring is 1. The predicted octanol–water partition coefficient (Wildman–Crippen LogP) is 3.97. The van der Waals surface area contributed by atoms with Crippen LogP contribution in [0.5, 0.6) is 5.75 Å². The lowest BCUT2D eigenvalue weighted by Gasteiger charge is -2.33. The highest BCUT2D eigenvalue weighted by Gasteiger charge is 2.30. The van der Waals surface area contributed by atoms with Crippen LogP contribution < -0.4 is 10.5 Å². The molecule has 1 aliphatic heterocycles. The molecule has 0 spiro atoms. The van der Waals surface area contributed by atoms with E-state index in [2.05, 4.69) is 38.4 Å². The van der Waals surface area contributed by atoms with Crippen molar-refractivity contribution in [1.29, 1.82) is 0 Å². The van der Waals surface area contributed by atoms with Gasteiger partial charge in [-0.15, -0.1) is 0 Å². The number of nitrogens with zero attached hydrogens (tertiary/aromatic N) is 1. The average molecular weight is 405 g/mol. The van der Waals surface area contributed by atoms with Crippen molar-refractivity contribution in [3.8, 4) is 5.75 Å². The van der Waals surface area contributed by atoms with Crippen LogP contribution in [0.1, 0.15) is 12.8 Å². The smallest absolute Gasteiger partial charge is 0.148 e. The molecule has 0 atom stereocenters. The highest BCUT2D eigenvalue weighted by molar-refractivity contribution is 9.11. The highest BCUT2D eigenvalue weighted by Crippen LogP contribution is 2.35. The summed E-state index contributed by atoms with van der Waals surface area (Å²) in [7, 11) is 0. The zero-order valence-electron chi connectivity index (χ0n) is 11.6. The summed E-state index contributed by atoms with van der Waals surface area (Å²) in [6.07, 6.45) is 4.65. The minimum atomic E-state index is 0.703. The largest absolute Gasteiger partial charge is 0.485 e. The minimum absolute atomic E-state index is 0.703. The molecule has 3 nitrogen and oxygen atoms in total. The number of hydrogen-bond acceptors (Lipinski definition) is 2. The van der Waals surface area contributed by atoms with Gasteiger partial charge in [0.1, 0.15) is 18.9 Å². The molecular formula is C15H21Br2N2O+. The third-order valence-electron chi connectivity index (χ3n) is 3.86. The first-order valence-electron chi connectivity index (χ1n) is 6.90. The number of ether oxygens (including phenoxy) is 1. The van der Waals surface area contributed by atoms with E-state index in [1.54, 1.807) is 0 Å². The fourth-order valence-corrected chi connectivity index (χ4v) is 4.29. The number of rotatable bonds is 6. The van der Waals surface area contributed by atoms with E-state index in [0.717, 1.165) is 32.3 Å². The summed E-state index contributed by atoms with van der Waals surface area (Å²) >= 11 is 7.00. The molecule has 20 heavy (non-hydrogen) atoms. The van der Waals surface area contributed by atoms with Crippen LogP contribution in [0.4, 0.5) is 5.69 Å². The van der Waals surface area contributed by atoms with Gasteiger partial charge in [-0.2, -0.15) is 0 Å².